The van der Waals surface area contributed by atoms with Crippen molar-refractivity contribution in [2.75, 3.05) is 26.7 Å². The van der Waals surface area contributed by atoms with E-state index in [4.69, 9.17) is 5.73 Å². The lowest BCUT2D eigenvalue weighted by Crippen LogP contribution is -2.39. The quantitative estimate of drug-likeness (QED) is 0.901. The van der Waals surface area contributed by atoms with Crippen LogP contribution in [-0.2, 0) is 17.9 Å². The van der Waals surface area contributed by atoms with Crippen molar-refractivity contribution in [1.82, 2.24) is 9.80 Å². The summed E-state index contributed by atoms with van der Waals surface area (Å²) in [5, 5.41) is 0. The monoisotopic (exact) mass is 289 g/mol. The predicted molar refractivity (Wildman–Crippen MR) is 85.7 cm³/mol. The van der Waals surface area contributed by atoms with Crippen LogP contribution in [0, 0.1) is 0 Å². The van der Waals surface area contributed by atoms with Crippen LogP contribution >= 0.6 is 0 Å². The van der Waals surface area contributed by atoms with Gasteiger partial charge in [-0.25, -0.2) is 0 Å². The lowest BCUT2D eigenvalue weighted by molar-refractivity contribution is -0.132. The summed E-state index contributed by atoms with van der Waals surface area (Å²) in [6.45, 7) is 3.69. The van der Waals surface area contributed by atoms with Crippen LogP contribution in [0.25, 0.3) is 0 Å². The van der Waals surface area contributed by atoms with Gasteiger partial charge in [-0.15, -0.1) is 0 Å². The van der Waals surface area contributed by atoms with E-state index in [0.29, 0.717) is 13.1 Å². The Labute approximate surface area is 127 Å². The summed E-state index contributed by atoms with van der Waals surface area (Å²) >= 11 is 0. The smallest absolute Gasteiger partial charge is 0.236 e. The first-order valence-corrected chi connectivity index (χ1v) is 7.93. The standard InChI is InChI=1S/C17H27N3O/c1-19(13-16-8-6-7-15(11-16)12-18)14-17(21)20-9-4-2-3-5-10-20/h6-8,11H,2-5,9-10,12-14,18H2,1H3. The second-order valence-electron chi connectivity index (χ2n) is 5.99. The third-order valence-corrected chi connectivity index (χ3v) is 4.04. The number of nitrogens with zero attached hydrogens (tertiary/aromatic N) is 2. The lowest BCUT2D eigenvalue weighted by Gasteiger charge is -2.24. The molecular formula is C17H27N3O. The Hall–Kier alpha value is -1.39. The van der Waals surface area contributed by atoms with E-state index < -0.39 is 0 Å². The molecule has 2 rings (SSSR count). The molecule has 0 radical (unpaired) electrons. The zero-order valence-electron chi connectivity index (χ0n) is 13.1. The molecule has 0 atom stereocenters. The van der Waals surface area contributed by atoms with Crippen molar-refractivity contribution in [2.45, 2.75) is 38.8 Å². The highest BCUT2D eigenvalue weighted by molar-refractivity contribution is 5.78. The first-order valence-electron chi connectivity index (χ1n) is 7.93. The number of amides is 1. The number of nitrogens with two attached hydrogens (primary N) is 1. The molecule has 4 heteroatoms. The molecule has 0 aromatic heterocycles. The maximum Gasteiger partial charge on any atom is 0.236 e. The summed E-state index contributed by atoms with van der Waals surface area (Å²) < 4.78 is 0. The summed E-state index contributed by atoms with van der Waals surface area (Å²) in [5.74, 6) is 0.259. The summed E-state index contributed by atoms with van der Waals surface area (Å²) in [6, 6.07) is 8.27. The Morgan fingerprint density at radius 2 is 1.86 bits per heavy atom. The second-order valence-corrected chi connectivity index (χ2v) is 5.99. The molecule has 116 valence electrons. The van der Waals surface area contributed by atoms with E-state index in [2.05, 4.69) is 17.0 Å². The SMILES string of the molecule is CN(CC(=O)N1CCCCCC1)Cc1cccc(CN)c1. The molecule has 1 saturated heterocycles. The van der Waals surface area contributed by atoms with Gasteiger partial charge in [0, 0.05) is 26.2 Å². The van der Waals surface area contributed by atoms with Crippen LogP contribution in [0.15, 0.2) is 24.3 Å². The molecule has 4 nitrogen and oxygen atoms in total. The van der Waals surface area contributed by atoms with Crippen LogP contribution in [-0.4, -0.2) is 42.4 Å². The van der Waals surface area contributed by atoms with Gasteiger partial charge < -0.3 is 10.6 Å². The molecular weight excluding hydrogens is 262 g/mol. The fourth-order valence-corrected chi connectivity index (χ4v) is 2.87. The Bertz CT molecular complexity index is 453. The highest BCUT2D eigenvalue weighted by Gasteiger charge is 2.17. The Morgan fingerprint density at radius 1 is 1.19 bits per heavy atom. The van der Waals surface area contributed by atoms with Gasteiger partial charge in [0.05, 0.1) is 6.54 Å². The summed E-state index contributed by atoms with van der Waals surface area (Å²) in [4.78, 5) is 16.5. The van der Waals surface area contributed by atoms with Gasteiger partial charge in [-0.1, -0.05) is 37.1 Å². The molecule has 1 aromatic carbocycles. The van der Waals surface area contributed by atoms with Crippen LogP contribution in [0.4, 0.5) is 0 Å². The zero-order valence-corrected chi connectivity index (χ0v) is 13.1. The van der Waals surface area contributed by atoms with Gasteiger partial charge in [0.2, 0.25) is 5.91 Å². The average molecular weight is 289 g/mol. The minimum atomic E-state index is 0.259. The Morgan fingerprint density at radius 3 is 2.52 bits per heavy atom. The van der Waals surface area contributed by atoms with Gasteiger partial charge >= 0.3 is 0 Å². The molecule has 1 aliphatic heterocycles. The van der Waals surface area contributed by atoms with Crippen molar-refractivity contribution in [3.63, 3.8) is 0 Å². The molecule has 1 aliphatic rings. The number of benzene rings is 1. The Balaban J connectivity index is 1.85. The third kappa shape index (κ3) is 5.14. The topological polar surface area (TPSA) is 49.6 Å². The van der Waals surface area contributed by atoms with Crippen LogP contribution in [0.2, 0.25) is 0 Å². The van der Waals surface area contributed by atoms with Crippen LogP contribution in [0.1, 0.15) is 36.8 Å². The van der Waals surface area contributed by atoms with Crippen LogP contribution in [0.5, 0.6) is 0 Å². The van der Waals surface area contributed by atoms with Crippen molar-refractivity contribution in [3.8, 4) is 0 Å². The molecule has 0 spiro atoms. The molecule has 21 heavy (non-hydrogen) atoms. The van der Waals surface area contributed by atoms with E-state index in [9.17, 15) is 4.79 Å². The number of rotatable bonds is 5. The third-order valence-electron chi connectivity index (χ3n) is 4.04. The molecule has 1 heterocycles. The van der Waals surface area contributed by atoms with Crippen LogP contribution < -0.4 is 5.73 Å². The van der Waals surface area contributed by atoms with Crippen molar-refractivity contribution in [2.24, 2.45) is 5.73 Å². The van der Waals surface area contributed by atoms with Gasteiger partial charge in [-0.3, -0.25) is 9.69 Å². The molecule has 2 N–H and O–H groups in total. The Kier molecular flexibility index (Phi) is 6.21. The molecule has 0 bridgehead atoms. The van der Waals surface area contributed by atoms with Crippen molar-refractivity contribution >= 4 is 5.91 Å². The number of hydrogen-bond acceptors (Lipinski definition) is 3. The lowest BCUT2D eigenvalue weighted by atomic mass is 10.1. The van der Waals surface area contributed by atoms with E-state index in [1.807, 2.05) is 24.1 Å². The number of likely N-dealkylation sites (N-methyl/N-ethyl adjacent to an activating group) is 1. The van der Waals surface area contributed by atoms with Gasteiger partial charge in [0.25, 0.3) is 0 Å². The number of carbonyl (C=O) groups is 1. The number of hydrogen-bond donors (Lipinski definition) is 1. The fraction of sp³-hybridized carbons (Fsp3) is 0.588. The first kappa shape index (κ1) is 16.0. The molecule has 0 unspecified atom stereocenters. The minimum Gasteiger partial charge on any atom is -0.342 e. The van der Waals surface area contributed by atoms with Crippen molar-refractivity contribution < 1.29 is 4.79 Å². The van der Waals surface area contributed by atoms with E-state index in [1.54, 1.807) is 0 Å². The highest BCUT2D eigenvalue weighted by Crippen LogP contribution is 2.11. The van der Waals surface area contributed by atoms with E-state index in [0.717, 1.165) is 38.0 Å². The zero-order chi connectivity index (χ0) is 15.1. The normalized spacial score (nSPS) is 16.0. The average Bonchev–Trinajstić information content (AvgIpc) is 2.76. The molecule has 0 saturated carbocycles. The predicted octanol–water partition coefficient (Wildman–Crippen LogP) is 1.98. The van der Waals surface area contributed by atoms with Crippen LogP contribution in [0.3, 0.4) is 0 Å². The maximum atomic E-state index is 12.3. The number of carbonyl (C=O) groups excluding carboxylic acids is 1. The second kappa shape index (κ2) is 8.15. The van der Waals surface area contributed by atoms with E-state index >= 15 is 0 Å². The highest BCUT2D eigenvalue weighted by atomic mass is 16.2. The summed E-state index contributed by atoms with van der Waals surface area (Å²) in [6.07, 6.45) is 4.80. The first-order chi connectivity index (χ1) is 10.2. The summed E-state index contributed by atoms with van der Waals surface area (Å²) in [7, 11) is 2.00. The molecule has 1 fully saturated rings. The van der Waals surface area contributed by atoms with Crippen molar-refractivity contribution in [3.05, 3.63) is 35.4 Å². The van der Waals surface area contributed by atoms with Gasteiger partial charge in [0.1, 0.15) is 0 Å². The largest absolute Gasteiger partial charge is 0.342 e. The van der Waals surface area contributed by atoms with Crippen molar-refractivity contribution in [1.29, 1.82) is 0 Å². The number of likely N-dealkylation sites (tertiary alicyclic amines) is 1. The fourth-order valence-electron chi connectivity index (χ4n) is 2.87. The minimum absolute atomic E-state index is 0.259. The van der Waals surface area contributed by atoms with E-state index in [-0.39, 0.29) is 5.91 Å². The van der Waals surface area contributed by atoms with Gasteiger partial charge in [-0.2, -0.15) is 0 Å². The molecule has 0 aliphatic carbocycles. The van der Waals surface area contributed by atoms with Gasteiger partial charge in [-0.05, 0) is 31.0 Å². The molecule has 1 aromatic rings. The summed E-state index contributed by atoms with van der Waals surface area (Å²) in [5.41, 5.74) is 8.02. The molecule has 1 amide bonds. The van der Waals surface area contributed by atoms with E-state index in [1.165, 1.54) is 18.4 Å². The maximum absolute atomic E-state index is 12.3. The van der Waals surface area contributed by atoms with Gasteiger partial charge in [0.15, 0.2) is 0 Å².